The van der Waals surface area contributed by atoms with Crippen LogP contribution in [0, 0.1) is 11.6 Å². The molecule has 2 aromatic carbocycles. The predicted octanol–water partition coefficient (Wildman–Crippen LogP) is 4.85. The molecule has 1 heterocycles. The van der Waals surface area contributed by atoms with E-state index in [9.17, 15) is 8.78 Å². The Morgan fingerprint density at radius 1 is 1.09 bits per heavy atom. The fourth-order valence-electron chi connectivity index (χ4n) is 3.84. The Morgan fingerprint density at radius 2 is 1.88 bits per heavy atom. The number of hydrogen-bond acceptors (Lipinski definition) is 6. The van der Waals surface area contributed by atoms with Crippen LogP contribution in [0.3, 0.4) is 0 Å². The first-order chi connectivity index (χ1) is 15.6. The first-order valence-electron chi connectivity index (χ1n) is 10.7. The molecule has 1 aromatic heterocycles. The molecule has 0 saturated carbocycles. The van der Waals surface area contributed by atoms with Gasteiger partial charge in [-0.2, -0.15) is 0 Å². The summed E-state index contributed by atoms with van der Waals surface area (Å²) >= 11 is 1.76. The van der Waals surface area contributed by atoms with Crippen molar-refractivity contribution >= 4 is 16.5 Å². The molecule has 170 valence electrons. The third-order valence-corrected chi connectivity index (χ3v) is 6.76. The van der Waals surface area contributed by atoms with E-state index in [4.69, 9.17) is 20.2 Å². The van der Waals surface area contributed by atoms with Gasteiger partial charge in [-0.05, 0) is 55.5 Å². The summed E-state index contributed by atoms with van der Waals surface area (Å²) in [5.74, 6) is -0.340. The Bertz CT molecular complexity index is 1030. The van der Waals surface area contributed by atoms with E-state index in [1.165, 1.54) is 41.6 Å². The van der Waals surface area contributed by atoms with Crippen LogP contribution in [-0.2, 0) is 26.0 Å². The second kappa shape index (κ2) is 10.3. The summed E-state index contributed by atoms with van der Waals surface area (Å²) in [5.41, 5.74) is 7.99. The lowest BCUT2D eigenvalue weighted by Crippen LogP contribution is -2.28. The lowest BCUT2D eigenvalue weighted by molar-refractivity contribution is 0.274. The van der Waals surface area contributed by atoms with E-state index in [0.717, 1.165) is 23.5 Å². The summed E-state index contributed by atoms with van der Waals surface area (Å²) in [6.45, 7) is 1.62. The van der Waals surface area contributed by atoms with Gasteiger partial charge in [0, 0.05) is 24.5 Å². The highest BCUT2D eigenvalue weighted by molar-refractivity contribution is 7.15. The first kappa shape index (κ1) is 22.5. The van der Waals surface area contributed by atoms with E-state index < -0.39 is 11.6 Å². The molecule has 2 N–H and O–H groups in total. The van der Waals surface area contributed by atoms with E-state index in [1.54, 1.807) is 24.5 Å². The molecule has 1 aliphatic carbocycles. The highest BCUT2D eigenvalue weighted by Gasteiger charge is 2.19. The molecule has 32 heavy (non-hydrogen) atoms. The van der Waals surface area contributed by atoms with Gasteiger partial charge in [-0.3, -0.25) is 0 Å². The minimum atomic E-state index is -0.635. The summed E-state index contributed by atoms with van der Waals surface area (Å²) in [7, 11) is 1.54. The van der Waals surface area contributed by atoms with Crippen molar-refractivity contribution in [2.45, 2.75) is 38.8 Å². The highest BCUT2D eigenvalue weighted by Crippen LogP contribution is 2.34. The largest absolute Gasteiger partial charge is 0.493 e. The van der Waals surface area contributed by atoms with Crippen LogP contribution in [0.2, 0.25) is 0 Å². The zero-order valence-electron chi connectivity index (χ0n) is 18.1. The second-order valence-electron chi connectivity index (χ2n) is 7.76. The fraction of sp³-hybridized carbons (Fsp3) is 0.375. The monoisotopic (exact) mass is 459 g/mol. The topological polar surface area (TPSA) is 60.6 Å². The van der Waals surface area contributed by atoms with Crippen molar-refractivity contribution < 1.29 is 18.3 Å². The van der Waals surface area contributed by atoms with Crippen molar-refractivity contribution in [2.24, 2.45) is 5.73 Å². The number of rotatable bonds is 9. The molecular weight excluding hydrogens is 432 g/mol. The molecule has 0 aliphatic heterocycles. The molecule has 4 rings (SSSR count). The molecule has 0 fully saturated rings. The lowest BCUT2D eigenvalue weighted by atomic mass is 10.0. The Labute approximate surface area is 190 Å². The Kier molecular flexibility index (Phi) is 7.22. The standard InChI is InChI=1S/C24H27F2N3O2S/c1-30-22-13-16(9-10-21(22)31-15-17-18(25)5-4-6-19(17)26)14-29(12-11-27)24-28-20-7-2-3-8-23(20)32-24/h4-6,9-10,13H,2-3,7-8,11-12,14-15,27H2,1H3. The van der Waals surface area contributed by atoms with E-state index in [-0.39, 0.29) is 12.2 Å². The summed E-state index contributed by atoms with van der Waals surface area (Å²) in [4.78, 5) is 8.44. The van der Waals surface area contributed by atoms with Crippen LogP contribution in [0.1, 0.15) is 34.5 Å². The number of hydrogen-bond donors (Lipinski definition) is 1. The molecule has 0 radical (unpaired) electrons. The van der Waals surface area contributed by atoms with Gasteiger partial charge in [-0.15, -0.1) is 11.3 Å². The number of aromatic nitrogens is 1. The molecular formula is C24H27F2N3O2S. The maximum Gasteiger partial charge on any atom is 0.186 e. The van der Waals surface area contributed by atoms with Gasteiger partial charge in [0.2, 0.25) is 0 Å². The normalized spacial score (nSPS) is 13.0. The third kappa shape index (κ3) is 5.02. The van der Waals surface area contributed by atoms with Crippen molar-refractivity contribution in [3.05, 3.63) is 69.7 Å². The number of halogens is 2. The second-order valence-corrected chi connectivity index (χ2v) is 8.82. The zero-order chi connectivity index (χ0) is 22.5. The summed E-state index contributed by atoms with van der Waals surface area (Å²) in [6.07, 6.45) is 4.57. The molecule has 0 unspecified atom stereocenters. The van der Waals surface area contributed by atoms with Gasteiger partial charge >= 0.3 is 0 Å². The van der Waals surface area contributed by atoms with Gasteiger partial charge in [0.15, 0.2) is 16.6 Å². The number of ether oxygens (including phenoxy) is 2. The van der Waals surface area contributed by atoms with Crippen LogP contribution >= 0.6 is 11.3 Å². The number of benzene rings is 2. The van der Waals surface area contributed by atoms with Gasteiger partial charge in [0.1, 0.15) is 18.2 Å². The predicted molar refractivity (Wildman–Crippen MR) is 123 cm³/mol. The first-order valence-corrected chi connectivity index (χ1v) is 11.6. The van der Waals surface area contributed by atoms with Crippen LogP contribution in [-0.4, -0.2) is 25.2 Å². The minimum absolute atomic E-state index is 0.111. The van der Waals surface area contributed by atoms with Crippen molar-refractivity contribution in [3.63, 3.8) is 0 Å². The Hall–Kier alpha value is -2.71. The van der Waals surface area contributed by atoms with Gasteiger partial charge < -0.3 is 20.1 Å². The van der Waals surface area contributed by atoms with Gasteiger partial charge in [0.05, 0.1) is 18.4 Å². The fourth-order valence-corrected chi connectivity index (χ4v) is 5.02. The summed E-state index contributed by atoms with van der Waals surface area (Å²) < 4.78 is 38.9. The SMILES string of the molecule is COc1cc(CN(CCN)c2nc3c(s2)CCCC3)ccc1OCc1c(F)cccc1F. The minimum Gasteiger partial charge on any atom is -0.493 e. The molecule has 3 aromatic rings. The number of methoxy groups -OCH3 is 1. The average Bonchev–Trinajstić information content (AvgIpc) is 3.23. The zero-order valence-corrected chi connectivity index (χ0v) is 18.9. The molecule has 0 atom stereocenters. The molecule has 0 saturated heterocycles. The van der Waals surface area contributed by atoms with Crippen LogP contribution in [0.25, 0.3) is 0 Å². The number of thiazole rings is 1. The van der Waals surface area contributed by atoms with Crippen LogP contribution in [0.5, 0.6) is 11.5 Å². The number of aryl methyl sites for hydroxylation is 2. The number of nitrogens with zero attached hydrogens (tertiary/aromatic N) is 2. The quantitative estimate of drug-likeness (QED) is 0.496. The van der Waals surface area contributed by atoms with Gasteiger partial charge in [0.25, 0.3) is 0 Å². The molecule has 8 heteroatoms. The van der Waals surface area contributed by atoms with E-state index in [2.05, 4.69) is 4.90 Å². The number of nitrogens with two attached hydrogens (primary N) is 1. The number of fused-ring (bicyclic) bond motifs is 1. The van der Waals surface area contributed by atoms with Crippen LogP contribution in [0.15, 0.2) is 36.4 Å². The van der Waals surface area contributed by atoms with Crippen molar-refractivity contribution in [1.29, 1.82) is 0 Å². The number of anilines is 1. The van der Waals surface area contributed by atoms with E-state index >= 15 is 0 Å². The van der Waals surface area contributed by atoms with Gasteiger partial charge in [-0.1, -0.05) is 12.1 Å². The lowest BCUT2D eigenvalue weighted by Gasteiger charge is -2.22. The van der Waals surface area contributed by atoms with Crippen molar-refractivity contribution in [2.75, 3.05) is 25.1 Å². The molecule has 0 bridgehead atoms. The van der Waals surface area contributed by atoms with Crippen LogP contribution < -0.4 is 20.1 Å². The maximum absolute atomic E-state index is 13.9. The summed E-state index contributed by atoms with van der Waals surface area (Å²) in [5, 5.41) is 0.997. The molecule has 0 spiro atoms. The van der Waals surface area contributed by atoms with E-state index in [1.807, 2.05) is 12.1 Å². The van der Waals surface area contributed by atoms with Crippen LogP contribution in [0.4, 0.5) is 13.9 Å². The van der Waals surface area contributed by atoms with Gasteiger partial charge in [-0.25, -0.2) is 13.8 Å². The third-order valence-electron chi connectivity index (χ3n) is 5.54. The highest BCUT2D eigenvalue weighted by atomic mass is 32.1. The smallest absolute Gasteiger partial charge is 0.186 e. The van der Waals surface area contributed by atoms with E-state index in [0.29, 0.717) is 31.1 Å². The average molecular weight is 460 g/mol. The Morgan fingerprint density at radius 3 is 2.59 bits per heavy atom. The molecule has 1 aliphatic rings. The Balaban J connectivity index is 1.50. The molecule has 5 nitrogen and oxygen atoms in total. The maximum atomic E-state index is 13.9. The summed E-state index contributed by atoms with van der Waals surface area (Å²) in [6, 6.07) is 9.32. The van der Waals surface area contributed by atoms with Crippen molar-refractivity contribution in [3.8, 4) is 11.5 Å². The van der Waals surface area contributed by atoms with Crippen molar-refractivity contribution in [1.82, 2.24) is 4.98 Å². The molecule has 0 amide bonds.